The molecular weight excluding hydrogens is 274 g/mol. The fraction of sp³-hybridized carbons (Fsp3) is 0. The minimum atomic E-state index is -1.49. The van der Waals surface area contributed by atoms with Crippen LogP contribution in [0.5, 0.6) is 11.5 Å². The van der Waals surface area contributed by atoms with E-state index in [1.807, 2.05) is 0 Å². The largest absolute Gasteiger partial charge is 0.445 e. The van der Waals surface area contributed by atoms with Gasteiger partial charge in [0.1, 0.15) is 11.6 Å². The van der Waals surface area contributed by atoms with Gasteiger partial charge in [0.2, 0.25) is 0 Å². The van der Waals surface area contributed by atoms with Crippen molar-refractivity contribution in [2.24, 2.45) is 0 Å². The quantitative estimate of drug-likeness (QED) is 0.744. The van der Waals surface area contributed by atoms with Gasteiger partial charge in [0, 0.05) is 24.3 Å². The molecule has 0 heterocycles. The van der Waals surface area contributed by atoms with E-state index in [2.05, 4.69) is 4.74 Å². The van der Waals surface area contributed by atoms with Crippen LogP contribution in [0.2, 0.25) is 0 Å². The van der Waals surface area contributed by atoms with Gasteiger partial charge in [-0.1, -0.05) is 0 Å². The third-order valence-corrected chi connectivity index (χ3v) is 2.13. The van der Waals surface area contributed by atoms with Gasteiger partial charge >= 0.3 is 0 Å². The molecular formula is C12H4F6O. The molecule has 0 spiro atoms. The summed E-state index contributed by atoms with van der Waals surface area (Å²) in [6, 6.07) is 1.10. The van der Waals surface area contributed by atoms with Crippen molar-refractivity contribution in [3.63, 3.8) is 0 Å². The molecule has 0 fully saturated rings. The van der Waals surface area contributed by atoms with Gasteiger partial charge in [-0.3, -0.25) is 0 Å². The first-order chi connectivity index (χ1) is 8.88. The molecule has 0 aliphatic rings. The van der Waals surface area contributed by atoms with Crippen molar-refractivity contribution in [2.45, 2.75) is 0 Å². The van der Waals surface area contributed by atoms with E-state index in [0.29, 0.717) is 0 Å². The number of benzene rings is 2. The van der Waals surface area contributed by atoms with Crippen LogP contribution in [-0.4, -0.2) is 0 Å². The zero-order valence-electron chi connectivity index (χ0n) is 8.99. The fourth-order valence-corrected chi connectivity index (χ4v) is 1.35. The highest BCUT2D eigenvalue weighted by atomic mass is 19.2. The molecule has 1 nitrogen and oxygen atoms in total. The predicted molar refractivity (Wildman–Crippen MR) is 52.7 cm³/mol. The summed E-state index contributed by atoms with van der Waals surface area (Å²) < 4.78 is 82.5. The van der Waals surface area contributed by atoms with E-state index in [1.165, 1.54) is 0 Å². The minimum absolute atomic E-state index is 0.276. The summed E-state index contributed by atoms with van der Waals surface area (Å²) in [6.45, 7) is 0. The Morgan fingerprint density at radius 2 is 0.789 bits per heavy atom. The van der Waals surface area contributed by atoms with Crippen molar-refractivity contribution >= 4 is 0 Å². The van der Waals surface area contributed by atoms with E-state index in [0.717, 1.165) is 0 Å². The molecule has 2 aromatic rings. The number of hydrogen-bond donors (Lipinski definition) is 0. The van der Waals surface area contributed by atoms with Gasteiger partial charge in [-0.25, -0.2) is 26.3 Å². The highest BCUT2D eigenvalue weighted by Gasteiger charge is 2.19. The molecule has 0 aromatic heterocycles. The summed E-state index contributed by atoms with van der Waals surface area (Å²) >= 11 is 0. The average molecular weight is 278 g/mol. The highest BCUT2D eigenvalue weighted by Crippen LogP contribution is 2.32. The minimum Gasteiger partial charge on any atom is -0.445 e. The fourth-order valence-electron chi connectivity index (χ4n) is 1.35. The summed E-state index contributed by atoms with van der Waals surface area (Å²) in [5.41, 5.74) is 0. The van der Waals surface area contributed by atoms with Crippen molar-refractivity contribution < 1.29 is 31.1 Å². The third kappa shape index (κ3) is 2.64. The maximum Gasteiger partial charge on any atom is 0.199 e. The van der Waals surface area contributed by atoms with Crippen molar-refractivity contribution in [2.75, 3.05) is 0 Å². The Kier molecular flexibility index (Phi) is 3.37. The first-order valence-corrected chi connectivity index (χ1v) is 4.85. The van der Waals surface area contributed by atoms with Crippen LogP contribution in [0.1, 0.15) is 0 Å². The van der Waals surface area contributed by atoms with Crippen LogP contribution in [0.4, 0.5) is 26.3 Å². The zero-order chi connectivity index (χ0) is 14.2. The summed E-state index contributed by atoms with van der Waals surface area (Å²) in [7, 11) is 0. The van der Waals surface area contributed by atoms with Crippen LogP contribution in [0.15, 0.2) is 24.3 Å². The Balaban J connectivity index is 2.48. The normalized spacial score (nSPS) is 10.6. The van der Waals surface area contributed by atoms with Crippen molar-refractivity contribution in [3.05, 3.63) is 59.2 Å². The summed E-state index contributed by atoms with van der Waals surface area (Å²) in [5.74, 6) is -10.8. The van der Waals surface area contributed by atoms with Gasteiger partial charge < -0.3 is 4.74 Å². The van der Waals surface area contributed by atoms with E-state index >= 15 is 0 Å². The second-order valence-corrected chi connectivity index (χ2v) is 3.50. The lowest BCUT2D eigenvalue weighted by Gasteiger charge is -2.09. The molecule has 0 aliphatic heterocycles. The highest BCUT2D eigenvalue weighted by molar-refractivity contribution is 5.35. The SMILES string of the molecule is Fc1cc(F)c(Oc2c(F)cc(F)cc2F)c(F)c1. The average Bonchev–Trinajstić information content (AvgIpc) is 2.25. The number of hydrogen-bond acceptors (Lipinski definition) is 1. The smallest absolute Gasteiger partial charge is 0.199 e. The molecule has 0 N–H and O–H groups in total. The summed E-state index contributed by atoms with van der Waals surface area (Å²) in [5, 5.41) is 0. The summed E-state index contributed by atoms with van der Waals surface area (Å²) in [6.07, 6.45) is 0. The Bertz CT molecular complexity index is 539. The lowest BCUT2D eigenvalue weighted by molar-refractivity contribution is 0.360. The predicted octanol–water partition coefficient (Wildman–Crippen LogP) is 4.31. The lowest BCUT2D eigenvalue weighted by Crippen LogP contribution is -1.99. The molecule has 7 heteroatoms. The molecule has 0 amide bonds. The van der Waals surface area contributed by atoms with Crippen molar-refractivity contribution in [3.8, 4) is 11.5 Å². The zero-order valence-corrected chi connectivity index (χ0v) is 8.99. The number of ether oxygens (including phenoxy) is 1. The van der Waals surface area contributed by atoms with Gasteiger partial charge in [-0.05, 0) is 0 Å². The molecule has 0 aliphatic carbocycles. The van der Waals surface area contributed by atoms with E-state index in [1.54, 1.807) is 0 Å². The van der Waals surface area contributed by atoms with E-state index < -0.39 is 46.4 Å². The molecule has 0 bridgehead atoms. The Morgan fingerprint density at radius 3 is 1.05 bits per heavy atom. The third-order valence-electron chi connectivity index (χ3n) is 2.13. The number of rotatable bonds is 2. The van der Waals surface area contributed by atoms with E-state index in [-0.39, 0.29) is 24.3 Å². The Labute approximate surface area is 103 Å². The molecule has 2 rings (SSSR count). The van der Waals surface area contributed by atoms with Crippen LogP contribution in [0.3, 0.4) is 0 Å². The second-order valence-electron chi connectivity index (χ2n) is 3.50. The van der Waals surface area contributed by atoms with Crippen molar-refractivity contribution in [1.29, 1.82) is 0 Å². The summed E-state index contributed by atoms with van der Waals surface area (Å²) in [4.78, 5) is 0. The molecule has 0 radical (unpaired) electrons. The first-order valence-electron chi connectivity index (χ1n) is 4.85. The molecule has 100 valence electrons. The van der Waals surface area contributed by atoms with Crippen LogP contribution < -0.4 is 4.74 Å². The molecule has 0 saturated heterocycles. The molecule has 0 atom stereocenters. The van der Waals surface area contributed by atoms with Gasteiger partial charge in [0.25, 0.3) is 0 Å². The monoisotopic (exact) mass is 278 g/mol. The maximum absolute atomic E-state index is 13.2. The Hall–Kier alpha value is -2.18. The molecule has 2 aromatic carbocycles. The van der Waals surface area contributed by atoms with Gasteiger partial charge in [-0.15, -0.1) is 0 Å². The van der Waals surface area contributed by atoms with Crippen LogP contribution in [-0.2, 0) is 0 Å². The molecule has 0 unspecified atom stereocenters. The van der Waals surface area contributed by atoms with Crippen molar-refractivity contribution in [1.82, 2.24) is 0 Å². The second kappa shape index (κ2) is 4.83. The van der Waals surface area contributed by atoms with E-state index in [9.17, 15) is 26.3 Å². The molecule has 0 saturated carbocycles. The standard InChI is InChI=1S/C12H4F6O/c13-5-1-7(15)11(8(16)2-5)19-12-9(17)3-6(14)4-10(12)18/h1-4H. The Morgan fingerprint density at radius 1 is 0.526 bits per heavy atom. The molecule has 19 heavy (non-hydrogen) atoms. The van der Waals surface area contributed by atoms with E-state index in [4.69, 9.17) is 0 Å². The van der Waals surface area contributed by atoms with Crippen LogP contribution in [0, 0.1) is 34.9 Å². The maximum atomic E-state index is 13.2. The van der Waals surface area contributed by atoms with Crippen LogP contribution >= 0.6 is 0 Å². The van der Waals surface area contributed by atoms with Gasteiger partial charge in [0.05, 0.1) is 0 Å². The number of halogens is 6. The first kappa shape index (κ1) is 13.3. The van der Waals surface area contributed by atoms with Crippen LogP contribution in [0.25, 0.3) is 0 Å². The topological polar surface area (TPSA) is 9.23 Å². The van der Waals surface area contributed by atoms with Gasteiger partial charge in [0.15, 0.2) is 34.8 Å². The van der Waals surface area contributed by atoms with Gasteiger partial charge in [-0.2, -0.15) is 0 Å². The lowest BCUT2D eigenvalue weighted by atomic mass is 10.3.